The highest BCUT2D eigenvalue weighted by Gasteiger charge is 2.10. The minimum Gasteiger partial charge on any atom is -0.462 e. The molecule has 0 atom stereocenters. The van der Waals surface area contributed by atoms with Crippen molar-refractivity contribution in [3.8, 4) is 5.69 Å². The Morgan fingerprint density at radius 1 is 1.45 bits per heavy atom. The fraction of sp³-hybridized carbons (Fsp3) is 0.143. The average molecular weight is 301 g/mol. The number of azide groups is 1. The van der Waals surface area contributed by atoms with Gasteiger partial charge in [0.15, 0.2) is 0 Å². The van der Waals surface area contributed by atoms with E-state index in [2.05, 4.69) is 15.1 Å². The quantitative estimate of drug-likeness (QED) is 0.279. The van der Waals surface area contributed by atoms with E-state index in [0.717, 1.165) is 0 Å². The van der Waals surface area contributed by atoms with Gasteiger partial charge in [-0.1, -0.05) is 5.11 Å². The number of ether oxygens (including phenoxy) is 1. The van der Waals surface area contributed by atoms with Gasteiger partial charge < -0.3 is 4.74 Å². The van der Waals surface area contributed by atoms with Gasteiger partial charge in [-0.15, -0.1) is 0 Å². The van der Waals surface area contributed by atoms with Crippen molar-refractivity contribution in [3.05, 3.63) is 64.2 Å². The molecule has 0 fully saturated rings. The number of carbonyl (C=O) groups is 1. The fourth-order valence-electron chi connectivity index (χ4n) is 1.67. The second-order valence-electron chi connectivity index (χ2n) is 4.10. The molecule has 0 unspecified atom stereocenters. The van der Waals surface area contributed by atoms with E-state index in [1.54, 1.807) is 31.3 Å². The van der Waals surface area contributed by atoms with Crippen molar-refractivity contribution in [2.45, 2.75) is 6.92 Å². The molecular formula is C14H12FN5O2. The smallest absolute Gasteiger partial charge is 0.340 e. The maximum Gasteiger partial charge on any atom is 0.340 e. The summed E-state index contributed by atoms with van der Waals surface area (Å²) in [5.41, 5.74) is 9.36. The highest BCUT2D eigenvalue weighted by molar-refractivity contribution is 5.92. The van der Waals surface area contributed by atoms with Crippen LogP contribution in [0.15, 0.2) is 47.3 Å². The van der Waals surface area contributed by atoms with Gasteiger partial charge in [0.25, 0.3) is 0 Å². The van der Waals surface area contributed by atoms with E-state index in [-0.39, 0.29) is 18.1 Å². The van der Waals surface area contributed by atoms with E-state index >= 15 is 0 Å². The Kier molecular flexibility index (Phi) is 4.89. The molecule has 112 valence electrons. The van der Waals surface area contributed by atoms with Gasteiger partial charge >= 0.3 is 5.97 Å². The molecule has 0 radical (unpaired) electrons. The first-order valence-electron chi connectivity index (χ1n) is 6.39. The molecule has 1 aromatic heterocycles. The Hall–Kier alpha value is -3.12. The number of benzene rings is 1. The second-order valence-corrected chi connectivity index (χ2v) is 4.10. The van der Waals surface area contributed by atoms with E-state index in [4.69, 9.17) is 10.3 Å². The van der Waals surface area contributed by atoms with Crippen molar-refractivity contribution in [2.24, 2.45) is 5.11 Å². The van der Waals surface area contributed by atoms with Crippen LogP contribution in [0.1, 0.15) is 12.6 Å². The minimum atomic E-state index is -0.725. The van der Waals surface area contributed by atoms with E-state index in [1.807, 2.05) is 0 Å². The highest BCUT2D eigenvalue weighted by atomic mass is 19.1. The van der Waals surface area contributed by atoms with Gasteiger partial charge in [0, 0.05) is 11.1 Å². The van der Waals surface area contributed by atoms with Crippen LogP contribution in [0.3, 0.4) is 0 Å². The molecule has 0 saturated carbocycles. The SMILES string of the molecule is CCOC(=O)C(=Cc1ccn(-c2ccc(F)cc2)n1)N=[N+]=[N-]. The van der Waals surface area contributed by atoms with E-state index in [0.29, 0.717) is 11.4 Å². The molecule has 2 aromatic rings. The second kappa shape index (κ2) is 7.05. The van der Waals surface area contributed by atoms with Crippen molar-refractivity contribution in [1.29, 1.82) is 0 Å². The lowest BCUT2D eigenvalue weighted by atomic mass is 10.3. The number of nitrogens with zero attached hydrogens (tertiary/aromatic N) is 5. The number of hydrogen-bond acceptors (Lipinski definition) is 4. The Morgan fingerprint density at radius 3 is 2.82 bits per heavy atom. The predicted molar refractivity (Wildman–Crippen MR) is 77.3 cm³/mol. The molecule has 0 amide bonds. The zero-order chi connectivity index (χ0) is 15.9. The van der Waals surface area contributed by atoms with Gasteiger partial charge in [-0.05, 0) is 48.9 Å². The van der Waals surface area contributed by atoms with Gasteiger partial charge in [0.1, 0.15) is 11.5 Å². The number of halogens is 1. The van der Waals surface area contributed by atoms with Gasteiger partial charge in [0.2, 0.25) is 0 Å². The minimum absolute atomic E-state index is 0.168. The molecule has 0 aliphatic carbocycles. The fourth-order valence-corrected chi connectivity index (χ4v) is 1.67. The number of esters is 1. The largest absolute Gasteiger partial charge is 0.462 e. The molecular weight excluding hydrogens is 289 g/mol. The Balaban J connectivity index is 2.29. The maximum absolute atomic E-state index is 12.9. The van der Waals surface area contributed by atoms with Gasteiger partial charge in [0.05, 0.1) is 18.0 Å². The van der Waals surface area contributed by atoms with E-state index < -0.39 is 5.97 Å². The van der Waals surface area contributed by atoms with Gasteiger partial charge in [-0.3, -0.25) is 0 Å². The normalized spacial score (nSPS) is 10.9. The summed E-state index contributed by atoms with van der Waals surface area (Å²) >= 11 is 0. The van der Waals surface area contributed by atoms with Crippen molar-refractivity contribution in [1.82, 2.24) is 9.78 Å². The third kappa shape index (κ3) is 3.71. The number of rotatable bonds is 5. The number of aromatic nitrogens is 2. The van der Waals surface area contributed by atoms with Crippen LogP contribution >= 0.6 is 0 Å². The Morgan fingerprint density at radius 2 is 2.18 bits per heavy atom. The lowest BCUT2D eigenvalue weighted by Gasteiger charge is -2.01. The van der Waals surface area contributed by atoms with Crippen LogP contribution in [0, 0.1) is 5.82 Å². The van der Waals surface area contributed by atoms with Crippen LogP contribution in [-0.2, 0) is 9.53 Å². The lowest BCUT2D eigenvalue weighted by Crippen LogP contribution is -2.05. The zero-order valence-corrected chi connectivity index (χ0v) is 11.7. The predicted octanol–water partition coefficient (Wildman–Crippen LogP) is 3.23. The van der Waals surface area contributed by atoms with Crippen LogP contribution in [0.4, 0.5) is 4.39 Å². The molecule has 0 bridgehead atoms. The maximum atomic E-state index is 12.9. The average Bonchev–Trinajstić information content (AvgIpc) is 2.96. The van der Waals surface area contributed by atoms with Gasteiger partial charge in [-0.2, -0.15) is 5.10 Å². The third-order valence-electron chi connectivity index (χ3n) is 2.62. The van der Waals surface area contributed by atoms with Gasteiger partial charge in [-0.25, -0.2) is 13.9 Å². The summed E-state index contributed by atoms with van der Waals surface area (Å²) in [5, 5.41) is 7.50. The van der Waals surface area contributed by atoms with Crippen molar-refractivity contribution in [2.75, 3.05) is 6.61 Å². The van der Waals surface area contributed by atoms with E-state index in [9.17, 15) is 9.18 Å². The standard InChI is InChI=1S/C14H12FN5O2/c1-2-22-14(21)13(17-19-16)9-11-7-8-20(18-11)12-5-3-10(15)4-6-12/h3-9H,2H2,1H3. The first-order chi connectivity index (χ1) is 10.6. The summed E-state index contributed by atoms with van der Waals surface area (Å²) in [4.78, 5) is 14.2. The molecule has 0 saturated heterocycles. The molecule has 22 heavy (non-hydrogen) atoms. The molecule has 1 aromatic carbocycles. The number of carbonyl (C=O) groups excluding carboxylic acids is 1. The lowest BCUT2D eigenvalue weighted by molar-refractivity contribution is -0.138. The Bertz CT molecular complexity index is 745. The summed E-state index contributed by atoms with van der Waals surface area (Å²) in [6, 6.07) is 7.38. The monoisotopic (exact) mass is 301 g/mol. The third-order valence-corrected chi connectivity index (χ3v) is 2.62. The molecule has 0 N–H and O–H groups in total. The summed E-state index contributed by atoms with van der Waals surface area (Å²) in [6.45, 7) is 1.82. The number of hydrogen-bond donors (Lipinski definition) is 0. The van der Waals surface area contributed by atoms with Crippen LogP contribution in [0.5, 0.6) is 0 Å². The summed E-state index contributed by atoms with van der Waals surface area (Å²) in [7, 11) is 0. The van der Waals surface area contributed by atoms with Crippen LogP contribution in [0.25, 0.3) is 22.2 Å². The summed E-state index contributed by atoms with van der Waals surface area (Å²) < 4.78 is 19.2. The molecule has 1 heterocycles. The molecule has 7 nitrogen and oxygen atoms in total. The molecule has 0 aliphatic heterocycles. The van der Waals surface area contributed by atoms with Crippen molar-refractivity contribution < 1.29 is 13.9 Å². The first-order valence-corrected chi connectivity index (χ1v) is 6.39. The van der Waals surface area contributed by atoms with E-state index in [1.165, 1.54) is 22.9 Å². The van der Waals surface area contributed by atoms with Crippen molar-refractivity contribution in [3.63, 3.8) is 0 Å². The summed E-state index contributed by atoms with van der Waals surface area (Å²) in [5.74, 6) is -1.07. The summed E-state index contributed by atoms with van der Waals surface area (Å²) in [6.07, 6.45) is 2.95. The first kappa shape index (κ1) is 15.3. The van der Waals surface area contributed by atoms with Crippen LogP contribution in [-0.4, -0.2) is 22.4 Å². The molecule has 0 aliphatic rings. The molecule has 2 rings (SSSR count). The van der Waals surface area contributed by atoms with Crippen LogP contribution < -0.4 is 0 Å². The molecule has 8 heteroatoms. The topological polar surface area (TPSA) is 92.9 Å². The van der Waals surface area contributed by atoms with Crippen molar-refractivity contribution >= 4 is 12.0 Å². The van der Waals surface area contributed by atoms with Crippen LogP contribution in [0.2, 0.25) is 0 Å². The molecule has 0 spiro atoms. The zero-order valence-electron chi connectivity index (χ0n) is 11.7. The Labute approximate surface area is 125 Å². The highest BCUT2D eigenvalue weighted by Crippen LogP contribution is 2.12.